The van der Waals surface area contributed by atoms with Crippen molar-refractivity contribution in [3.8, 4) is 0 Å². The molecule has 0 aromatic heterocycles. The van der Waals surface area contributed by atoms with Crippen LogP contribution in [0.3, 0.4) is 0 Å². The van der Waals surface area contributed by atoms with Crippen molar-refractivity contribution < 1.29 is 36.6 Å². The third kappa shape index (κ3) is 6.47. The normalized spacial score (nSPS) is 21.4. The lowest BCUT2D eigenvalue weighted by atomic mass is 9.89. The molecule has 0 saturated carbocycles. The van der Waals surface area contributed by atoms with E-state index in [1.165, 1.54) is 43.9 Å². The number of sulfone groups is 1. The summed E-state index contributed by atoms with van der Waals surface area (Å²) in [4.78, 5) is 26.6. The number of halogens is 4. The van der Waals surface area contributed by atoms with Gasteiger partial charge in [0.1, 0.15) is 23.8 Å². The summed E-state index contributed by atoms with van der Waals surface area (Å²) in [6, 6.07) is 5.30. The standard InChI is InChI=1S/C26H29Cl2F2NO6S/c1-5-18(13-38(35,36)26(2,3)4)31-23(14-6-7-19(28)20(30)10-14)24(15-8-16(27)11-17(29)9-15)37-21(25(31)34)12-22(32)33/h6-11,18,21,23-24H,5,12-13H2,1-4H3,(H,32,33)/t18?,21-,23+,24+/m0/s1. The molecular formula is C26H29Cl2F2NO6S. The number of carbonyl (C=O) groups is 2. The van der Waals surface area contributed by atoms with Gasteiger partial charge < -0.3 is 14.7 Å². The van der Waals surface area contributed by atoms with Crippen LogP contribution in [-0.2, 0) is 24.2 Å². The van der Waals surface area contributed by atoms with Crippen molar-refractivity contribution in [3.05, 3.63) is 69.2 Å². The first-order valence-corrected chi connectivity index (χ1v) is 14.3. The number of amides is 1. The highest BCUT2D eigenvalue weighted by atomic mass is 35.5. The van der Waals surface area contributed by atoms with E-state index >= 15 is 0 Å². The number of rotatable bonds is 8. The number of nitrogens with zero attached hydrogens (tertiary/aromatic N) is 1. The van der Waals surface area contributed by atoms with E-state index in [0.29, 0.717) is 0 Å². The van der Waals surface area contributed by atoms with Crippen LogP contribution in [0, 0.1) is 11.6 Å². The Morgan fingerprint density at radius 1 is 1.13 bits per heavy atom. The van der Waals surface area contributed by atoms with Crippen LogP contribution < -0.4 is 0 Å². The van der Waals surface area contributed by atoms with E-state index < -0.39 is 74.6 Å². The fourth-order valence-electron chi connectivity index (χ4n) is 4.39. The van der Waals surface area contributed by atoms with Crippen LogP contribution in [0.25, 0.3) is 0 Å². The highest BCUT2D eigenvalue weighted by Crippen LogP contribution is 2.45. The summed E-state index contributed by atoms with van der Waals surface area (Å²) in [6.07, 6.45) is -3.28. The first-order valence-electron chi connectivity index (χ1n) is 11.9. The Hall–Kier alpha value is -2.27. The van der Waals surface area contributed by atoms with Gasteiger partial charge in [-0.2, -0.15) is 0 Å². The molecule has 0 spiro atoms. The van der Waals surface area contributed by atoms with Gasteiger partial charge in [0, 0.05) is 11.1 Å². The topological polar surface area (TPSA) is 101 Å². The van der Waals surface area contributed by atoms with Crippen LogP contribution in [0.1, 0.15) is 63.8 Å². The summed E-state index contributed by atoms with van der Waals surface area (Å²) >= 11 is 12.0. The number of hydrogen-bond acceptors (Lipinski definition) is 5. The Balaban J connectivity index is 2.28. The number of benzene rings is 2. The molecule has 1 saturated heterocycles. The number of carbonyl (C=O) groups excluding carboxylic acids is 1. The van der Waals surface area contributed by atoms with E-state index in [-0.39, 0.29) is 27.6 Å². The number of carboxylic acids is 1. The quantitative estimate of drug-likeness (QED) is 0.419. The molecule has 2 aromatic rings. The molecule has 0 aliphatic carbocycles. The molecule has 1 fully saturated rings. The minimum atomic E-state index is -3.77. The number of ether oxygens (including phenoxy) is 1. The van der Waals surface area contributed by atoms with Crippen molar-refractivity contribution >= 4 is 44.9 Å². The zero-order valence-electron chi connectivity index (χ0n) is 21.3. The van der Waals surface area contributed by atoms with Crippen molar-refractivity contribution in [1.29, 1.82) is 0 Å². The van der Waals surface area contributed by atoms with Gasteiger partial charge in [-0.25, -0.2) is 17.2 Å². The molecule has 2 aromatic carbocycles. The van der Waals surface area contributed by atoms with E-state index in [2.05, 4.69) is 0 Å². The number of aliphatic carboxylic acids is 1. The molecule has 1 N–H and O–H groups in total. The van der Waals surface area contributed by atoms with Crippen LogP contribution in [0.4, 0.5) is 8.78 Å². The molecule has 208 valence electrons. The lowest BCUT2D eigenvalue weighted by Crippen LogP contribution is -2.57. The van der Waals surface area contributed by atoms with Gasteiger partial charge in [0.15, 0.2) is 9.84 Å². The highest BCUT2D eigenvalue weighted by molar-refractivity contribution is 7.92. The Morgan fingerprint density at radius 2 is 1.79 bits per heavy atom. The summed E-state index contributed by atoms with van der Waals surface area (Å²) in [5, 5.41) is 9.30. The van der Waals surface area contributed by atoms with Gasteiger partial charge in [0.25, 0.3) is 5.91 Å². The molecule has 38 heavy (non-hydrogen) atoms. The minimum Gasteiger partial charge on any atom is -0.481 e. The third-order valence-electron chi connectivity index (χ3n) is 6.50. The minimum absolute atomic E-state index is 0.0187. The van der Waals surface area contributed by atoms with E-state index in [1.54, 1.807) is 6.92 Å². The SMILES string of the molecule is CCC(CS(=O)(=O)C(C)(C)C)N1C(=O)[C@H](CC(=O)O)O[C@H](c2cc(F)cc(Cl)c2)[C@H]1c1ccc(Cl)c(F)c1. The van der Waals surface area contributed by atoms with E-state index in [4.69, 9.17) is 27.9 Å². The van der Waals surface area contributed by atoms with E-state index in [9.17, 15) is 31.9 Å². The lowest BCUT2D eigenvalue weighted by Gasteiger charge is -2.48. The third-order valence-corrected chi connectivity index (χ3v) is 9.71. The van der Waals surface area contributed by atoms with Gasteiger partial charge in [-0.15, -0.1) is 0 Å². The molecule has 12 heteroatoms. The first-order chi connectivity index (χ1) is 17.6. The Morgan fingerprint density at radius 3 is 2.32 bits per heavy atom. The fraction of sp³-hybridized carbons (Fsp3) is 0.462. The summed E-state index contributed by atoms with van der Waals surface area (Å²) in [5.74, 6) is -4.05. The Bertz CT molecular complexity index is 1310. The zero-order chi connectivity index (χ0) is 28.6. The average Bonchev–Trinajstić information content (AvgIpc) is 2.79. The summed E-state index contributed by atoms with van der Waals surface area (Å²) < 4.78 is 60.3. The van der Waals surface area contributed by atoms with Crippen molar-refractivity contribution in [2.24, 2.45) is 0 Å². The molecule has 1 aliphatic rings. The number of hydrogen-bond donors (Lipinski definition) is 1. The van der Waals surface area contributed by atoms with Crippen LogP contribution in [0.5, 0.6) is 0 Å². The largest absolute Gasteiger partial charge is 0.481 e. The second-order valence-electron chi connectivity index (χ2n) is 10.2. The highest BCUT2D eigenvalue weighted by Gasteiger charge is 2.48. The Kier molecular flexibility index (Phi) is 9.13. The van der Waals surface area contributed by atoms with Crippen LogP contribution >= 0.6 is 23.2 Å². The molecule has 7 nitrogen and oxygen atoms in total. The van der Waals surface area contributed by atoms with Crippen molar-refractivity contribution in [2.75, 3.05) is 5.75 Å². The van der Waals surface area contributed by atoms with Gasteiger partial charge >= 0.3 is 5.97 Å². The van der Waals surface area contributed by atoms with Crippen LogP contribution in [0.15, 0.2) is 36.4 Å². The van der Waals surface area contributed by atoms with E-state index in [0.717, 1.165) is 18.2 Å². The van der Waals surface area contributed by atoms with Gasteiger partial charge in [0.05, 0.1) is 28.0 Å². The molecule has 0 bridgehead atoms. The molecule has 1 amide bonds. The summed E-state index contributed by atoms with van der Waals surface area (Å²) in [6.45, 7) is 6.29. The molecule has 0 radical (unpaired) electrons. The lowest BCUT2D eigenvalue weighted by molar-refractivity contribution is -0.182. The predicted octanol–water partition coefficient (Wildman–Crippen LogP) is 5.75. The summed E-state index contributed by atoms with van der Waals surface area (Å²) in [5.41, 5.74) is 0.364. The maximum absolute atomic E-state index is 14.6. The number of carboxylic acid groups (broad SMARTS) is 1. The monoisotopic (exact) mass is 591 g/mol. The zero-order valence-corrected chi connectivity index (χ0v) is 23.6. The fourth-order valence-corrected chi connectivity index (χ4v) is 6.14. The first kappa shape index (κ1) is 30.3. The van der Waals surface area contributed by atoms with Crippen molar-refractivity contribution in [2.45, 2.75) is 69.6 Å². The van der Waals surface area contributed by atoms with Crippen LogP contribution in [-0.4, -0.2) is 52.9 Å². The predicted molar refractivity (Wildman–Crippen MR) is 140 cm³/mol. The molecule has 4 atom stereocenters. The number of morpholine rings is 1. The maximum Gasteiger partial charge on any atom is 0.306 e. The van der Waals surface area contributed by atoms with Crippen molar-refractivity contribution in [1.82, 2.24) is 4.90 Å². The van der Waals surface area contributed by atoms with E-state index in [1.807, 2.05) is 0 Å². The van der Waals surface area contributed by atoms with Gasteiger partial charge in [-0.3, -0.25) is 9.59 Å². The second kappa shape index (κ2) is 11.5. The van der Waals surface area contributed by atoms with Crippen LogP contribution in [0.2, 0.25) is 10.0 Å². The molecule has 3 rings (SSSR count). The Labute approximate surface area is 230 Å². The smallest absolute Gasteiger partial charge is 0.306 e. The average molecular weight is 592 g/mol. The summed E-state index contributed by atoms with van der Waals surface area (Å²) in [7, 11) is -3.77. The van der Waals surface area contributed by atoms with Gasteiger partial charge in [0.2, 0.25) is 0 Å². The molecule has 1 unspecified atom stereocenters. The molecular weight excluding hydrogens is 563 g/mol. The van der Waals surface area contributed by atoms with Crippen molar-refractivity contribution in [3.63, 3.8) is 0 Å². The molecule has 1 heterocycles. The van der Waals surface area contributed by atoms with Gasteiger partial charge in [-0.05, 0) is 68.7 Å². The maximum atomic E-state index is 14.6. The van der Waals surface area contributed by atoms with Gasteiger partial charge in [-0.1, -0.05) is 36.2 Å². The second-order valence-corrected chi connectivity index (χ2v) is 13.8. The molecule has 1 aliphatic heterocycles.